The molecule has 0 fully saturated rings. The van der Waals surface area contributed by atoms with Gasteiger partial charge in [0.25, 0.3) is 5.91 Å². The summed E-state index contributed by atoms with van der Waals surface area (Å²) in [5.41, 5.74) is 1.13. The molecule has 22 heavy (non-hydrogen) atoms. The van der Waals surface area contributed by atoms with Crippen LogP contribution in [-0.4, -0.2) is 28.0 Å². The fourth-order valence-electron chi connectivity index (χ4n) is 2.25. The highest BCUT2D eigenvalue weighted by Crippen LogP contribution is 2.28. The summed E-state index contributed by atoms with van der Waals surface area (Å²) in [5, 5.41) is 6.07. The molecule has 1 aliphatic heterocycles. The Balaban J connectivity index is 1.61. The van der Waals surface area contributed by atoms with Gasteiger partial charge in [-0.1, -0.05) is 18.2 Å². The Hall–Kier alpha value is -2.51. The second-order valence-corrected chi connectivity index (χ2v) is 4.95. The van der Waals surface area contributed by atoms with Crippen LogP contribution in [0.1, 0.15) is 5.56 Å². The number of amides is 1. The third-order valence-corrected chi connectivity index (χ3v) is 3.18. The zero-order valence-corrected chi connectivity index (χ0v) is 11.3. The average Bonchev–Trinajstić information content (AvgIpc) is 3.03. The maximum absolute atomic E-state index is 12.2. The second kappa shape index (κ2) is 5.36. The van der Waals surface area contributed by atoms with E-state index in [9.17, 15) is 18.0 Å². The smallest absolute Gasteiger partial charge is 0.408 e. The number of hydrogen-bond acceptors (Lipinski definition) is 3. The van der Waals surface area contributed by atoms with Crippen molar-refractivity contribution in [1.29, 1.82) is 0 Å². The molecule has 5 nitrogen and oxygen atoms in total. The Labute approximate surface area is 123 Å². The van der Waals surface area contributed by atoms with Crippen LogP contribution in [0.25, 0.3) is 0 Å². The average molecular weight is 311 g/mol. The van der Waals surface area contributed by atoms with Crippen LogP contribution in [0.3, 0.4) is 0 Å². The number of hydrogen-bond donors (Lipinski definition) is 1. The molecule has 1 aromatic carbocycles. The quantitative estimate of drug-likeness (QED) is 0.947. The number of carbonyl (C=O) groups is 1. The maximum Gasteiger partial charge on any atom is 0.408 e. The lowest BCUT2D eigenvalue weighted by Crippen LogP contribution is -2.31. The zero-order chi connectivity index (χ0) is 15.7. The van der Waals surface area contributed by atoms with Crippen LogP contribution in [0.4, 0.5) is 18.9 Å². The first-order valence-electron chi connectivity index (χ1n) is 6.55. The predicted octanol–water partition coefficient (Wildman–Crippen LogP) is 2.39. The Morgan fingerprint density at radius 2 is 2.18 bits per heavy atom. The molecule has 1 N–H and O–H groups in total. The normalized spacial score (nSPS) is 17.0. The highest BCUT2D eigenvalue weighted by molar-refractivity contribution is 5.94. The minimum Gasteiger partial charge on any atom is -0.480 e. The predicted molar refractivity (Wildman–Crippen MR) is 71.5 cm³/mol. The molecule has 1 aromatic heterocycles. The van der Waals surface area contributed by atoms with E-state index in [1.807, 2.05) is 12.1 Å². The van der Waals surface area contributed by atoms with E-state index in [0.29, 0.717) is 12.2 Å². The third kappa shape index (κ3) is 3.21. The Morgan fingerprint density at radius 1 is 1.41 bits per heavy atom. The molecule has 1 unspecified atom stereocenters. The molecule has 0 bridgehead atoms. The molecular weight excluding hydrogens is 299 g/mol. The standard InChI is InChI=1S/C14H12F3N3O2/c15-14(16,17)8-20-7-10(6-18-20)19-13(21)12-5-9-3-1-2-4-11(9)22-12/h1-4,6-7,12H,5,8H2,(H,19,21). The summed E-state index contributed by atoms with van der Waals surface area (Å²) in [5.74, 6) is 0.234. The number of anilines is 1. The Bertz CT molecular complexity index is 672. The van der Waals surface area contributed by atoms with Crippen LogP contribution in [0.15, 0.2) is 36.7 Å². The van der Waals surface area contributed by atoms with E-state index >= 15 is 0 Å². The minimum absolute atomic E-state index is 0.203. The highest BCUT2D eigenvalue weighted by Gasteiger charge is 2.30. The van der Waals surface area contributed by atoms with Gasteiger partial charge in [-0.25, -0.2) is 0 Å². The number of rotatable bonds is 3. The first-order valence-corrected chi connectivity index (χ1v) is 6.55. The summed E-state index contributed by atoms with van der Waals surface area (Å²) >= 11 is 0. The van der Waals surface area contributed by atoms with E-state index < -0.39 is 24.7 Å². The van der Waals surface area contributed by atoms with Gasteiger partial charge >= 0.3 is 6.18 Å². The lowest BCUT2D eigenvalue weighted by atomic mass is 10.1. The van der Waals surface area contributed by atoms with Crippen molar-refractivity contribution in [3.8, 4) is 5.75 Å². The van der Waals surface area contributed by atoms with E-state index in [4.69, 9.17) is 4.74 Å². The van der Waals surface area contributed by atoms with Gasteiger partial charge in [0.15, 0.2) is 6.10 Å². The summed E-state index contributed by atoms with van der Waals surface area (Å²) in [6.07, 6.45) is -2.31. The van der Waals surface area contributed by atoms with Crippen LogP contribution in [0.5, 0.6) is 5.75 Å². The fourth-order valence-corrected chi connectivity index (χ4v) is 2.25. The van der Waals surface area contributed by atoms with Gasteiger partial charge in [0.05, 0.1) is 11.9 Å². The fraction of sp³-hybridized carbons (Fsp3) is 0.286. The molecule has 3 rings (SSSR count). The van der Waals surface area contributed by atoms with Crippen molar-refractivity contribution in [3.05, 3.63) is 42.2 Å². The monoisotopic (exact) mass is 311 g/mol. The summed E-state index contributed by atoms with van der Waals surface area (Å²) in [4.78, 5) is 12.1. The molecule has 0 spiro atoms. The molecule has 0 saturated carbocycles. The number of aromatic nitrogens is 2. The van der Waals surface area contributed by atoms with Crippen LogP contribution in [-0.2, 0) is 17.8 Å². The van der Waals surface area contributed by atoms with Gasteiger partial charge in [0, 0.05) is 12.6 Å². The van der Waals surface area contributed by atoms with Crippen molar-refractivity contribution in [2.24, 2.45) is 0 Å². The number of nitrogens with one attached hydrogen (secondary N) is 1. The number of nitrogens with zero attached hydrogens (tertiary/aromatic N) is 2. The number of para-hydroxylation sites is 1. The van der Waals surface area contributed by atoms with Crippen LogP contribution in [0.2, 0.25) is 0 Å². The Kier molecular flexibility index (Phi) is 3.51. The lowest BCUT2D eigenvalue weighted by molar-refractivity contribution is -0.142. The number of benzene rings is 1. The van der Waals surface area contributed by atoms with E-state index in [-0.39, 0.29) is 5.69 Å². The summed E-state index contributed by atoms with van der Waals surface area (Å²) in [6.45, 7) is -1.20. The van der Waals surface area contributed by atoms with Gasteiger partial charge in [-0.2, -0.15) is 18.3 Å². The van der Waals surface area contributed by atoms with Crippen molar-refractivity contribution >= 4 is 11.6 Å². The van der Waals surface area contributed by atoms with Gasteiger partial charge in [-0.3, -0.25) is 9.48 Å². The second-order valence-electron chi connectivity index (χ2n) is 4.95. The molecule has 116 valence electrons. The summed E-state index contributed by atoms with van der Waals surface area (Å²) < 4.78 is 43.0. The maximum atomic E-state index is 12.2. The molecule has 1 amide bonds. The van der Waals surface area contributed by atoms with Crippen molar-refractivity contribution in [2.45, 2.75) is 25.2 Å². The van der Waals surface area contributed by atoms with E-state index in [1.165, 1.54) is 6.20 Å². The number of fused-ring (bicyclic) bond motifs is 1. The first kappa shape index (κ1) is 14.4. The van der Waals surface area contributed by atoms with Gasteiger partial charge in [0.1, 0.15) is 12.3 Å². The number of ether oxygens (including phenoxy) is 1. The zero-order valence-electron chi connectivity index (χ0n) is 11.3. The van der Waals surface area contributed by atoms with E-state index in [1.54, 1.807) is 12.1 Å². The van der Waals surface area contributed by atoms with Crippen LogP contribution >= 0.6 is 0 Å². The molecule has 0 saturated heterocycles. The van der Waals surface area contributed by atoms with E-state index in [2.05, 4.69) is 10.4 Å². The molecule has 1 atom stereocenters. The third-order valence-electron chi connectivity index (χ3n) is 3.18. The van der Waals surface area contributed by atoms with Crippen molar-refractivity contribution in [2.75, 3.05) is 5.32 Å². The van der Waals surface area contributed by atoms with Gasteiger partial charge in [-0.15, -0.1) is 0 Å². The van der Waals surface area contributed by atoms with Crippen LogP contribution in [0, 0.1) is 0 Å². The van der Waals surface area contributed by atoms with Crippen molar-refractivity contribution in [3.63, 3.8) is 0 Å². The topological polar surface area (TPSA) is 56.2 Å². The molecule has 1 aliphatic rings. The molecule has 2 heterocycles. The lowest BCUT2D eigenvalue weighted by Gasteiger charge is -2.10. The largest absolute Gasteiger partial charge is 0.480 e. The summed E-state index contributed by atoms with van der Waals surface area (Å²) in [6, 6.07) is 7.29. The number of carbonyl (C=O) groups excluding carboxylic acids is 1. The molecule has 0 radical (unpaired) electrons. The number of alkyl halides is 3. The van der Waals surface area contributed by atoms with Crippen LogP contribution < -0.4 is 10.1 Å². The molecular formula is C14H12F3N3O2. The first-order chi connectivity index (χ1) is 10.4. The van der Waals surface area contributed by atoms with E-state index in [0.717, 1.165) is 16.4 Å². The molecule has 0 aliphatic carbocycles. The van der Waals surface area contributed by atoms with Gasteiger partial charge < -0.3 is 10.1 Å². The summed E-state index contributed by atoms with van der Waals surface area (Å²) in [7, 11) is 0. The van der Waals surface area contributed by atoms with Gasteiger partial charge in [-0.05, 0) is 11.6 Å². The van der Waals surface area contributed by atoms with Crippen molar-refractivity contribution < 1.29 is 22.7 Å². The van der Waals surface area contributed by atoms with Gasteiger partial charge in [0.2, 0.25) is 0 Å². The SMILES string of the molecule is O=C(Nc1cnn(CC(F)(F)F)c1)C1Cc2ccccc2O1. The highest BCUT2D eigenvalue weighted by atomic mass is 19.4. The molecule has 8 heteroatoms. The minimum atomic E-state index is -4.36. The molecule has 2 aromatic rings. The van der Waals surface area contributed by atoms with Crippen molar-refractivity contribution in [1.82, 2.24) is 9.78 Å². The number of halogens is 3. The Morgan fingerprint density at radius 3 is 2.91 bits per heavy atom.